The van der Waals surface area contributed by atoms with E-state index in [2.05, 4.69) is 5.32 Å². The first-order valence-corrected chi connectivity index (χ1v) is 5.88. The number of hydrogen-bond acceptors (Lipinski definition) is 2. The zero-order valence-electron chi connectivity index (χ0n) is 9.45. The second-order valence-electron chi connectivity index (χ2n) is 4.45. The van der Waals surface area contributed by atoms with Gasteiger partial charge in [-0.2, -0.15) is 0 Å². The molecule has 0 unspecified atom stereocenters. The minimum absolute atomic E-state index is 0.227. The molecule has 0 saturated heterocycles. The van der Waals surface area contributed by atoms with Gasteiger partial charge in [-0.05, 0) is 42.7 Å². The number of benzene rings is 1. The highest BCUT2D eigenvalue weighted by atomic mass is 19.1. The van der Waals surface area contributed by atoms with Gasteiger partial charge in [-0.25, -0.2) is 4.39 Å². The fraction of sp³-hybridized carbons (Fsp3) is 0.286. The van der Waals surface area contributed by atoms with Crippen LogP contribution in [0.4, 0.5) is 4.39 Å². The Balaban J connectivity index is 1.78. The van der Waals surface area contributed by atoms with E-state index in [0.29, 0.717) is 17.4 Å². The molecule has 88 valence electrons. The van der Waals surface area contributed by atoms with Crippen molar-refractivity contribution in [2.24, 2.45) is 0 Å². The van der Waals surface area contributed by atoms with Gasteiger partial charge in [-0.1, -0.05) is 6.07 Å². The van der Waals surface area contributed by atoms with E-state index in [1.165, 1.54) is 12.8 Å². The molecule has 3 heteroatoms. The molecule has 1 heterocycles. The molecule has 1 aromatic carbocycles. The molecule has 17 heavy (non-hydrogen) atoms. The molecule has 1 aliphatic carbocycles. The normalized spacial score (nSPS) is 15.1. The molecule has 1 fully saturated rings. The van der Waals surface area contributed by atoms with Crippen molar-refractivity contribution in [2.75, 3.05) is 0 Å². The Bertz CT molecular complexity index is 503. The van der Waals surface area contributed by atoms with E-state index in [1.54, 1.807) is 30.5 Å². The van der Waals surface area contributed by atoms with Crippen molar-refractivity contribution >= 4 is 0 Å². The highest BCUT2D eigenvalue weighted by Gasteiger charge is 2.20. The Morgan fingerprint density at radius 2 is 2.18 bits per heavy atom. The zero-order valence-corrected chi connectivity index (χ0v) is 9.45. The van der Waals surface area contributed by atoms with Crippen molar-refractivity contribution in [3.05, 3.63) is 48.0 Å². The lowest BCUT2D eigenvalue weighted by Crippen LogP contribution is -2.15. The Morgan fingerprint density at radius 1 is 1.29 bits per heavy atom. The Labute approximate surface area is 99.5 Å². The second-order valence-corrected chi connectivity index (χ2v) is 4.45. The van der Waals surface area contributed by atoms with E-state index >= 15 is 0 Å². The van der Waals surface area contributed by atoms with E-state index in [1.807, 2.05) is 6.07 Å². The topological polar surface area (TPSA) is 25.2 Å². The van der Waals surface area contributed by atoms with Crippen molar-refractivity contribution in [1.29, 1.82) is 0 Å². The summed E-state index contributed by atoms with van der Waals surface area (Å²) in [6.45, 7) is 0.736. The molecule has 2 aromatic rings. The molecule has 1 N–H and O–H groups in total. The zero-order chi connectivity index (χ0) is 11.7. The van der Waals surface area contributed by atoms with Crippen LogP contribution in [0, 0.1) is 5.82 Å². The van der Waals surface area contributed by atoms with Crippen molar-refractivity contribution in [3.8, 4) is 11.3 Å². The third kappa shape index (κ3) is 2.39. The lowest BCUT2D eigenvalue weighted by molar-refractivity contribution is 0.568. The molecular weight excluding hydrogens is 217 g/mol. The summed E-state index contributed by atoms with van der Waals surface area (Å²) >= 11 is 0. The molecule has 0 atom stereocenters. The highest BCUT2D eigenvalue weighted by Crippen LogP contribution is 2.24. The first kappa shape index (κ1) is 10.5. The second kappa shape index (κ2) is 4.34. The van der Waals surface area contributed by atoms with Crippen LogP contribution in [0.5, 0.6) is 0 Å². The molecule has 3 rings (SSSR count). The molecule has 0 spiro atoms. The van der Waals surface area contributed by atoms with Crippen molar-refractivity contribution in [3.63, 3.8) is 0 Å². The number of hydrogen-bond donors (Lipinski definition) is 1. The summed E-state index contributed by atoms with van der Waals surface area (Å²) in [4.78, 5) is 0. The predicted molar refractivity (Wildman–Crippen MR) is 64.0 cm³/mol. The van der Waals surface area contributed by atoms with E-state index in [9.17, 15) is 4.39 Å². The summed E-state index contributed by atoms with van der Waals surface area (Å²) in [6, 6.07) is 9.46. The Kier molecular flexibility index (Phi) is 2.69. The van der Waals surface area contributed by atoms with Gasteiger partial charge in [0, 0.05) is 12.6 Å². The van der Waals surface area contributed by atoms with Crippen LogP contribution in [0.15, 0.2) is 41.0 Å². The van der Waals surface area contributed by atoms with Crippen molar-refractivity contribution in [2.45, 2.75) is 25.4 Å². The largest absolute Gasteiger partial charge is 0.464 e. The maximum Gasteiger partial charge on any atom is 0.136 e. The summed E-state index contributed by atoms with van der Waals surface area (Å²) in [5, 5.41) is 3.36. The summed E-state index contributed by atoms with van der Waals surface area (Å²) in [6.07, 6.45) is 4.04. The lowest BCUT2D eigenvalue weighted by atomic mass is 10.1. The molecule has 2 nitrogen and oxygen atoms in total. The number of nitrogens with one attached hydrogen (secondary N) is 1. The fourth-order valence-corrected chi connectivity index (χ4v) is 1.85. The molecule has 0 amide bonds. The SMILES string of the molecule is Fc1cc(CNC2CC2)ccc1-c1ccco1. The highest BCUT2D eigenvalue weighted by molar-refractivity contribution is 5.58. The van der Waals surface area contributed by atoms with Gasteiger partial charge in [0.05, 0.1) is 11.8 Å². The minimum atomic E-state index is -0.227. The maximum absolute atomic E-state index is 13.9. The molecule has 1 aromatic heterocycles. The summed E-state index contributed by atoms with van der Waals surface area (Å²) in [7, 11) is 0. The quantitative estimate of drug-likeness (QED) is 0.873. The average molecular weight is 231 g/mol. The minimum Gasteiger partial charge on any atom is -0.464 e. The van der Waals surface area contributed by atoms with Crippen molar-refractivity contribution < 1.29 is 8.81 Å². The van der Waals surface area contributed by atoms with Crippen LogP contribution in [0.3, 0.4) is 0 Å². The lowest BCUT2D eigenvalue weighted by Gasteiger charge is -2.05. The number of halogens is 1. The van der Waals surface area contributed by atoms with Crippen LogP contribution in [0.25, 0.3) is 11.3 Å². The number of rotatable bonds is 4. The van der Waals surface area contributed by atoms with E-state index in [-0.39, 0.29) is 5.82 Å². The smallest absolute Gasteiger partial charge is 0.136 e. The van der Waals surface area contributed by atoms with E-state index in [4.69, 9.17) is 4.42 Å². The molecular formula is C14H14FNO. The van der Waals surface area contributed by atoms with Gasteiger partial charge in [-0.3, -0.25) is 0 Å². The van der Waals surface area contributed by atoms with Crippen LogP contribution in [-0.2, 0) is 6.54 Å². The predicted octanol–water partition coefficient (Wildman–Crippen LogP) is 3.34. The first-order valence-electron chi connectivity index (χ1n) is 5.88. The van der Waals surface area contributed by atoms with Crippen LogP contribution < -0.4 is 5.32 Å². The van der Waals surface area contributed by atoms with Crippen molar-refractivity contribution in [1.82, 2.24) is 5.32 Å². The maximum atomic E-state index is 13.9. The standard InChI is InChI=1S/C14H14FNO/c15-13-8-10(9-16-11-4-5-11)3-6-12(13)14-2-1-7-17-14/h1-3,6-8,11,16H,4-5,9H2. The van der Waals surface area contributed by atoms with Gasteiger partial charge in [0.15, 0.2) is 0 Å². The number of furan rings is 1. The fourth-order valence-electron chi connectivity index (χ4n) is 1.85. The van der Waals surface area contributed by atoms with Crippen LogP contribution >= 0.6 is 0 Å². The monoisotopic (exact) mass is 231 g/mol. The van der Waals surface area contributed by atoms with Crippen LogP contribution in [-0.4, -0.2) is 6.04 Å². The van der Waals surface area contributed by atoms with Gasteiger partial charge in [-0.15, -0.1) is 0 Å². The van der Waals surface area contributed by atoms with Crippen LogP contribution in [0.2, 0.25) is 0 Å². The molecule has 0 radical (unpaired) electrons. The molecule has 0 aliphatic heterocycles. The Morgan fingerprint density at radius 3 is 2.82 bits per heavy atom. The first-order chi connectivity index (χ1) is 8.33. The third-order valence-electron chi connectivity index (χ3n) is 2.99. The average Bonchev–Trinajstić information content (AvgIpc) is 3.01. The molecule has 1 saturated carbocycles. The summed E-state index contributed by atoms with van der Waals surface area (Å²) in [5.41, 5.74) is 1.50. The summed E-state index contributed by atoms with van der Waals surface area (Å²) in [5.74, 6) is 0.347. The Hall–Kier alpha value is -1.61. The van der Waals surface area contributed by atoms with Gasteiger partial charge in [0.25, 0.3) is 0 Å². The third-order valence-corrected chi connectivity index (χ3v) is 2.99. The molecule has 1 aliphatic rings. The van der Waals surface area contributed by atoms with Gasteiger partial charge in [0.2, 0.25) is 0 Å². The van der Waals surface area contributed by atoms with E-state index in [0.717, 1.165) is 12.1 Å². The van der Waals surface area contributed by atoms with Gasteiger partial charge < -0.3 is 9.73 Å². The van der Waals surface area contributed by atoms with Gasteiger partial charge in [0.1, 0.15) is 11.6 Å². The van der Waals surface area contributed by atoms with Crippen LogP contribution in [0.1, 0.15) is 18.4 Å². The molecule has 0 bridgehead atoms. The van der Waals surface area contributed by atoms with E-state index < -0.39 is 0 Å². The summed E-state index contributed by atoms with van der Waals surface area (Å²) < 4.78 is 19.1. The van der Waals surface area contributed by atoms with Gasteiger partial charge >= 0.3 is 0 Å².